The lowest BCUT2D eigenvalue weighted by Crippen LogP contribution is -2.46. The largest absolute Gasteiger partial charge is 0.379 e. The van der Waals surface area contributed by atoms with Crippen LogP contribution in [-0.4, -0.2) is 62.7 Å². The number of nitrogens with zero attached hydrogens (tertiary/aromatic N) is 1. The summed E-state index contributed by atoms with van der Waals surface area (Å²) in [6, 6.07) is 7.62. The lowest BCUT2D eigenvalue weighted by molar-refractivity contribution is -0.125. The van der Waals surface area contributed by atoms with Gasteiger partial charge in [-0.05, 0) is 17.7 Å². The molecule has 0 bridgehead atoms. The average molecular weight is 355 g/mol. The molecule has 1 heterocycles. The van der Waals surface area contributed by atoms with E-state index in [-0.39, 0.29) is 30.9 Å². The lowest BCUT2D eigenvalue weighted by atomic mass is 10.0. The normalized spacial score (nSPS) is 16.4. The summed E-state index contributed by atoms with van der Waals surface area (Å²) in [6.07, 6.45) is 0. The Labute approximate surface area is 146 Å². The minimum absolute atomic E-state index is 0.00163. The first-order chi connectivity index (χ1) is 11.6. The SMILES string of the molecule is NCC(=O)NCC(=O)NCC(c1cccc(Cl)c1)N1CCOCC1. The highest BCUT2D eigenvalue weighted by Crippen LogP contribution is 2.23. The first-order valence-electron chi connectivity index (χ1n) is 7.91. The van der Waals surface area contributed by atoms with Crippen LogP contribution in [0.5, 0.6) is 0 Å². The number of carbonyl (C=O) groups excluding carboxylic acids is 2. The Morgan fingerprint density at radius 3 is 2.67 bits per heavy atom. The summed E-state index contributed by atoms with van der Waals surface area (Å²) in [5.74, 6) is -0.609. The molecule has 1 aromatic carbocycles. The van der Waals surface area contributed by atoms with Crippen LogP contribution in [0.4, 0.5) is 0 Å². The van der Waals surface area contributed by atoms with Crippen LogP contribution >= 0.6 is 11.6 Å². The lowest BCUT2D eigenvalue weighted by Gasteiger charge is -2.35. The smallest absolute Gasteiger partial charge is 0.239 e. The van der Waals surface area contributed by atoms with Gasteiger partial charge in [-0.3, -0.25) is 14.5 Å². The Kier molecular flexibility index (Phi) is 7.45. The highest BCUT2D eigenvalue weighted by molar-refractivity contribution is 6.30. The summed E-state index contributed by atoms with van der Waals surface area (Å²) in [6.45, 7) is 3.12. The van der Waals surface area contributed by atoms with Crippen LogP contribution in [-0.2, 0) is 14.3 Å². The maximum atomic E-state index is 11.9. The molecule has 1 aliphatic rings. The van der Waals surface area contributed by atoms with Gasteiger partial charge in [0.2, 0.25) is 11.8 Å². The third kappa shape index (κ3) is 5.76. The predicted octanol–water partition coefficient (Wildman–Crippen LogP) is -0.0956. The van der Waals surface area contributed by atoms with E-state index in [9.17, 15) is 9.59 Å². The van der Waals surface area contributed by atoms with Gasteiger partial charge in [-0.25, -0.2) is 0 Å². The number of nitrogens with one attached hydrogen (secondary N) is 2. The first-order valence-corrected chi connectivity index (χ1v) is 8.28. The molecule has 132 valence electrons. The molecule has 24 heavy (non-hydrogen) atoms. The molecule has 0 aliphatic carbocycles. The number of hydrogen-bond acceptors (Lipinski definition) is 5. The Balaban J connectivity index is 1.98. The second kappa shape index (κ2) is 9.58. The Bertz CT molecular complexity index is 564. The van der Waals surface area contributed by atoms with E-state index in [0.29, 0.717) is 24.8 Å². The van der Waals surface area contributed by atoms with E-state index in [0.717, 1.165) is 18.7 Å². The Hall–Kier alpha value is -1.67. The summed E-state index contributed by atoms with van der Waals surface area (Å²) in [7, 11) is 0. The van der Waals surface area contributed by atoms with E-state index < -0.39 is 0 Å². The van der Waals surface area contributed by atoms with Crippen LogP contribution in [0, 0.1) is 0 Å². The molecule has 1 fully saturated rings. The van der Waals surface area contributed by atoms with Crippen LogP contribution < -0.4 is 16.4 Å². The van der Waals surface area contributed by atoms with Gasteiger partial charge < -0.3 is 21.1 Å². The molecule has 0 aromatic heterocycles. The van der Waals surface area contributed by atoms with Crippen LogP contribution in [0.2, 0.25) is 5.02 Å². The van der Waals surface area contributed by atoms with Crippen molar-refractivity contribution in [3.05, 3.63) is 34.9 Å². The number of rotatable bonds is 7. The topological polar surface area (TPSA) is 96.7 Å². The molecule has 0 saturated carbocycles. The quantitative estimate of drug-likeness (QED) is 0.635. The second-order valence-electron chi connectivity index (χ2n) is 5.50. The minimum atomic E-state index is -0.357. The molecule has 1 aliphatic heterocycles. The summed E-state index contributed by atoms with van der Waals surface area (Å²) in [5.41, 5.74) is 6.23. The van der Waals surface area contributed by atoms with Crippen molar-refractivity contribution < 1.29 is 14.3 Å². The van der Waals surface area contributed by atoms with E-state index in [4.69, 9.17) is 22.1 Å². The molecule has 2 amide bonds. The highest BCUT2D eigenvalue weighted by atomic mass is 35.5. The molecule has 8 heteroatoms. The third-order valence-corrected chi connectivity index (χ3v) is 4.08. The Morgan fingerprint density at radius 1 is 1.25 bits per heavy atom. The van der Waals surface area contributed by atoms with Gasteiger partial charge in [0.1, 0.15) is 0 Å². The van der Waals surface area contributed by atoms with Crippen LogP contribution in [0.25, 0.3) is 0 Å². The average Bonchev–Trinajstić information content (AvgIpc) is 2.61. The molecule has 1 saturated heterocycles. The van der Waals surface area contributed by atoms with Gasteiger partial charge in [-0.2, -0.15) is 0 Å². The van der Waals surface area contributed by atoms with Gasteiger partial charge in [0.05, 0.1) is 32.3 Å². The van der Waals surface area contributed by atoms with Crippen LogP contribution in [0.3, 0.4) is 0 Å². The molecule has 4 N–H and O–H groups in total. The van der Waals surface area contributed by atoms with Gasteiger partial charge in [0.25, 0.3) is 0 Å². The standard InChI is InChI=1S/C16H23ClN4O3/c17-13-3-1-2-12(8-13)14(21-4-6-24-7-5-21)10-19-16(23)11-20-15(22)9-18/h1-3,8,14H,4-7,9-11,18H2,(H,19,23)(H,20,22). The van der Waals surface area contributed by atoms with Crippen molar-refractivity contribution in [2.24, 2.45) is 5.73 Å². The predicted molar refractivity (Wildman–Crippen MR) is 91.7 cm³/mol. The number of benzene rings is 1. The number of ether oxygens (including phenoxy) is 1. The van der Waals surface area contributed by atoms with E-state index >= 15 is 0 Å². The van der Waals surface area contributed by atoms with E-state index in [2.05, 4.69) is 15.5 Å². The summed E-state index contributed by atoms with van der Waals surface area (Å²) >= 11 is 6.10. The summed E-state index contributed by atoms with van der Waals surface area (Å²) < 4.78 is 5.40. The van der Waals surface area contributed by atoms with Gasteiger partial charge in [0, 0.05) is 24.7 Å². The molecule has 1 atom stereocenters. The molecule has 2 rings (SSSR count). The molecule has 0 spiro atoms. The van der Waals surface area contributed by atoms with Crippen molar-refractivity contribution >= 4 is 23.4 Å². The molecule has 1 aromatic rings. The number of nitrogens with two attached hydrogens (primary N) is 1. The van der Waals surface area contributed by atoms with Gasteiger partial charge in [-0.15, -0.1) is 0 Å². The van der Waals surface area contributed by atoms with Crippen molar-refractivity contribution in [1.82, 2.24) is 15.5 Å². The molecule has 1 unspecified atom stereocenters. The van der Waals surface area contributed by atoms with Crippen LogP contribution in [0.1, 0.15) is 11.6 Å². The fourth-order valence-electron chi connectivity index (χ4n) is 2.58. The number of carbonyl (C=O) groups is 2. The second-order valence-corrected chi connectivity index (χ2v) is 5.94. The molecular formula is C16H23ClN4O3. The monoisotopic (exact) mass is 354 g/mol. The van der Waals surface area contributed by atoms with Crippen molar-refractivity contribution in [3.63, 3.8) is 0 Å². The van der Waals surface area contributed by atoms with Crippen LogP contribution in [0.15, 0.2) is 24.3 Å². The molecule has 0 radical (unpaired) electrons. The molecule has 7 nitrogen and oxygen atoms in total. The summed E-state index contributed by atoms with van der Waals surface area (Å²) in [4.78, 5) is 25.3. The van der Waals surface area contributed by atoms with Gasteiger partial charge in [0.15, 0.2) is 0 Å². The Morgan fingerprint density at radius 2 is 2.00 bits per heavy atom. The van der Waals surface area contributed by atoms with E-state index in [1.807, 2.05) is 24.3 Å². The number of halogens is 1. The number of amides is 2. The summed E-state index contributed by atoms with van der Waals surface area (Å²) in [5, 5.41) is 5.97. The maximum Gasteiger partial charge on any atom is 0.239 e. The minimum Gasteiger partial charge on any atom is -0.379 e. The number of hydrogen-bond donors (Lipinski definition) is 3. The van der Waals surface area contributed by atoms with Gasteiger partial charge in [-0.1, -0.05) is 23.7 Å². The fraction of sp³-hybridized carbons (Fsp3) is 0.500. The zero-order chi connectivity index (χ0) is 17.4. The highest BCUT2D eigenvalue weighted by Gasteiger charge is 2.23. The van der Waals surface area contributed by atoms with Crippen molar-refractivity contribution in [1.29, 1.82) is 0 Å². The van der Waals surface area contributed by atoms with Gasteiger partial charge >= 0.3 is 0 Å². The van der Waals surface area contributed by atoms with Crippen molar-refractivity contribution in [3.8, 4) is 0 Å². The third-order valence-electron chi connectivity index (χ3n) is 3.84. The molecular weight excluding hydrogens is 332 g/mol. The first kappa shape index (κ1) is 18.7. The fourth-order valence-corrected chi connectivity index (χ4v) is 2.78. The van der Waals surface area contributed by atoms with E-state index in [1.54, 1.807) is 0 Å². The zero-order valence-corrected chi connectivity index (χ0v) is 14.2. The van der Waals surface area contributed by atoms with Crippen molar-refractivity contribution in [2.45, 2.75) is 6.04 Å². The van der Waals surface area contributed by atoms with E-state index in [1.165, 1.54) is 0 Å². The zero-order valence-electron chi connectivity index (χ0n) is 13.5. The van der Waals surface area contributed by atoms with Crippen molar-refractivity contribution in [2.75, 3.05) is 45.9 Å². The maximum absolute atomic E-state index is 11.9. The number of morpholine rings is 1.